The van der Waals surface area contributed by atoms with Crippen LogP contribution < -0.4 is 9.47 Å². The zero-order chi connectivity index (χ0) is 13.1. The summed E-state index contributed by atoms with van der Waals surface area (Å²) in [4.78, 5) is 13.5. The predicted molar refractivity (Wildman–Crippen MR) is 68.8 cm³/mol. The molecular weight excluding hydrogens is 230 g/mol. The van der Waals surface area contributed by atoms with E-state index < -0.39 is 0 Å². The molecule has 0 N–H and O–H groups in total. The highest BCUT2D eigenvalue weighted by Gasteiger charge is 2.31. The van der Waals surface area contributed by atoms with Gasteiger partial charge in [0.25, 0.3) is 0 Å². The number of carbonyl (C=O) groups excluding carboxylic acids is 1. The first-order valence-corrected chi connectivity index (χ1v) is 6.13. The van der Waals surface area contributed by atoms with Crippen LogP contribution in [0.3, 0.4) is 0 Å². The summed E-state index contributed by atoms with van der Waals surface area (Å²) in [7, 11) is 3.27. The molecule has 0 atom stereocenters. The van der Waals surface area contributed by atoms with Gasteiger partial charge in [0.2, 0.25) is 5.91 Å². The average molecular weight is 249 g/mol. The molecule has 18 heavy (non-hydrogen) atoms. The van der Waals surface area contributed by atoms with Gasteiger partial charge in [0.15, 0.2) is 0 Å². The lowest BCUT2D eigenvalue weighted by Gasteiger charge is -2.22. The molecule has 0 aromatic heterocycles. The van der Waals surface area contributed by atoms with Crippen LogP contribution in [0.1, 0.15) is 25.3 Å². The van der Waals surface area contributed by atoms with Crippen molar-refractivity contribution in [1.82, 2.24) is 4.90 Å². The molecule has 4 heteroatoms. The second-order valence-corrected chi connectivity index (χ2v) is 4.56. The molecule has 4 nitrogen and oxygen atoms in total. The zero-order valence-corrected chi connectivity index (χ0v) is 11.1. The normalized spacial score (nSPS) is 14.2. The molecule has 1 aromatic carbocycles. The van der Waals surface area contributed by atoms with Crippen LogP contribution >= 0.6 is 0 Å². The molecular formula is C14H19NO3. The van der Waals surface area contributed by atoms with E-state index in [9.17, 15) is 4.79 Å². The molecule has 0 saturated heterocycles. The van der Waals surface area contributed by atoms with E-state index >= 15 is 0 Å². The second-order valence-electron chi connectivity index (χ2n) is 4.56. The fourth-order valence-corrected chi connectivity index (χ4v) is 2.07. The third-order valence-corrected chi connectivity index (χ3v) is 3.22. The maximum Gasteiger partial charge on any atom is 0.219 e. The van der Waals surface area contributed by atoms with E-state index in [1.165, 1.54) is 0 Å². The van der Waals surface area contributed by atoms with Gasteiger partial charge in [-0.1, -0.05) is 0 Å². The number of ether oxygens (including phenoxy) is 2. The molecule has 0 heterocycles. The molecule has 1 amide bonds. The first kappa shape index (κ1) is 12.7. The minimum atomic E-state index is 0.113. The second kappa shape index (κ2) is 5.29. The molecule has 0 bridgehead atoms. The van der Waals surface area contributed by atoms with E-state index in [2.05, 4.69) is 0 Å². The Balaban J connectivity index is 2.22. The van der Waals surface area contributed by atoms with Gasteiger partial charge in [0, 0.05) is 25.1 Å². The summed E-state index contributed by atoms with van der Waals surface area (Å²) in [6.45, 7) is 2.20. The molecule has 2 rings (SSSR count). The van der Waals surface area contributed by atoms with Crippen LogP contribution in [0.5, 0.6) is 11.5 Å². The molecule has 1 fully saturated rings. The van der Waals surface area contributed by atoms with Crippen LogP contribution in [0.15, 0.2) is 18.2 Å². The lowest BCUT2D eigenvalue weighted by Crippen LogP contribution is -2.30. The monoisotopic (exact) mass is 249 g/mol. The topological polar surface area (TPSA) is 38.8 Å². The van der Waals surface area contributed by atoms with Crippen LogP contribution in [-0.2, 0) is 11.3 Å². The van der Waals surface area contributed by atoms with E-state index in [1.807, 2.05) is 23.1 Å². The Morgan fingerprint density at radius 2 is 2.06 bits per heavy atom. The highest BCUT2D eigenvalue weighted by Crippen LogP contribution is 2.31. The van der Waals surface area contributed by atoms with E-state index in [-0.39, 0.29) is 5.91 Å². The van der Waals surface area contributed by atoms with Crippen LogP contribution in [-0.4, -0.2) is 31.1 Å². The maximum atomic E-state index is 11.6. The van der Waals surface area contributed by atoms with Gasteiger partial charge in [-0.2, -0.15) is 0 Å². The summed E-state index contributed by atoms with van der Waals surface area (Å²) in [6.07, 6.45) is 2.21. The number of amides is 1. The van der Waals surface area contributed by atoms with Crippen LogP contribution in [0.2, 0.25) is 0 Å². The number of hydrogen-bond acceptors (Lipinski definition) is 3. The van der Waals surface area contributed by atoms with Crippen molar-refractivity contribution >= 4 is 5.91 Å². The largest absolute Gasteiger partial charge is 0.497 e. The quantitative estimate of drug-likeness (QED) is 0.803. The Morgan fingerprint density at radius 3 is 2.56 bits per heavy atom. The van der Waals surface area contributed by atoms with Crippen LogP contribution in [0.4, 0.5) is 0 Å². The van der Waals surface area contributed by atoms with Gasteiger partial charge in [-0.3, -0.25) is 4.79 Å². The van der Waals surface area contributed by atoms with Crippen molar-refractivity contribution in [2.45, 2.75) is 32.4 Å². The molecule has 1 aliphatic rings. The molecule has 0 aliphatic heterocycles. The van der Waals surface area contributed by atoms with Crippen molar-refractivity contribution in [3.63, 3.8) is 0 Å². The number of benzene rings is 1. The van der Waals surface area contributed by atoms with E-state index in [1.54, 1.807) is 21.1 Å². The summed E-state index contributed by atoms with van der Waals surface area (Å²) in [5.41, 5.74) is 0.985. The fourth-order valence-electron chi connectivity index (χ4n) is 2.07. The fraction of sp³-hybridized carbons (Fsp3) is 0.500. The van der Waals surface area contributed by atoms with E-state index in [0.717, 1.165) is 29.9 Å². The minimum absolute atomic E-state index is 0.113. The lowest BCUT2D eigenvalue weighted by atomic mass is 10.1. The summed E-state index contributed by atoms with van der Waals surface area (Å²) < 4.78 is 10.5. The SMILES string of the molecule is COc1ccc(OC)c(CN(C(C)=O)C2CC2)c1. The van der Waals surface area contributed by atoms with Gasteiger partial charge in [0.05, 0.1) is 14.2 Å². The number of hydrogen-bond donors (Lipinski definition) is 0. The average Bonchev–Trinajstić information content (AvgIpc) is 3.19. The van der Waals surface area contributed by atoms with Crippen molar-refractivity contribution in [3.8, 4) is 11.5 Å². The van der Waals surface area contributed by atoms with Gasteiger partial charge in [-0.25, -0.2) is 0 Å². The summed E-state index contributed by atoms with van der Waals surface area (Å²) in [5, 5.41) is 0. The van der Waals surface area contributed by atoms with Crippen molar-refractivity contribution in [1.29, 1.82) is 0 Å². The zero-order valence-electron chi connectivity index (χ0n) is 11.1. The van der Waals surface area contributed by atoms with Crippen molar-refractivity contribution in [2.24, 2.45) is 0 Å². The Morgan fingerprint density at radius 1 is 1.33 bits per heavy atom. The highest BCUT2D eigenvalue weighted by molar-refractivity contribution is 5.74. The third-order valence-electron chi connectivity index (χ3n) is 3.22. The maximum absolute atomic E-state index is 11.6. The molecule has 1 aromatic rings. The Bertz CT molecular complexity index is 441. The molecule has 0 radical (unpaired) electrons. The molecule has 0 unspecified atom stereocenters. The summed E-state index contributed by atoms with van der Waals surface area (Å²) in [6, 6.07) is 6.06. The van der Waals surface area contributed by atoms with Gasteiger partial charge >= 0.3 is 0 Å². The molecule has 1 saturated carbocycles. The van der Waals surface area contributed by atoms with Crippen molar-refractivity contribution in [2.75, 3.05) is 14.2 Å². The Kier molecular flexibility index (Phi) is 3.75. The van der Waals surface area contributed by atoms with Gasteiger partial charge in [-0.15, -0.1) is 0 Å². The predicted octanol–water partition coefficient (Wildman–Crippen LogP) is 2.21. The molecule has 0 spiro atoms. The lowest BCUT2D eigenvalue weighted by molar-refractivity contribution is -0.130. The van der Waals surface area contributed by atoms with Crippen molar-refractivity contribution in [3.05, 3.63) is 23.8 Å². The highest BCUT2D eigenvalue weighted by atomic mass is 16.5. The van der Waals surface area contributed by atoms with E-state index in [0.29, 0.717) is 12.6 Å². The number of rotatable bonds is 5. The van der Waals surface area contributed by atoms with Gasteiger partial charge < -0.3 is 14.4 Å². The van der Waals surface area contributed by atoms with E-state index in [4.69, 9.17) is 9.47 Å². The summed E-state index contributed by atoms with van der Waals surface area (Å²) in [5.74, 6) is 1.69. The standard InChI is InChI=1S/C14H19NO3/c1-10(16)15(12-4-5-12)9-11-8-13(17-2)6-7-14(11)18-3/h6-8,12H,4-5,9H2,1-3H3. The third kappa shape index (κ3) is 2.75. The van der Waals surface area contributed by atoms with Crippen LogP contribution in [0, 0.1) is 0 Å². The van der Waals surface area contributed by atoms with Crippen LogP contribution in [0.25, 0.3) is 0 Å². The Hall–Kier alpha value is -1.71. The number of carbonyl (C=O) groups is 1. The first-order chi connectivity index (χ1) is 8.65. The smallest absolute Gasteiger partial charge is 0.219 e. The first-order valence-electron chi connectivity index (χ1n) is 6.13. The number of methoxy groups -OCH3 is 2. The summed E-state index contributed by atoms with van der Waals surface area (Å²) >= 11 is 0. The van der Waals surface area contributed by atoms with Gasteiger partial charge in [-0.05, 0) is 31.0 Å². The van der Waals surface area contributed by atoms with Gasteiger partial charge in [0.1, 0.15) is 11.5 Å². The minimum Gasteiger partial charge on any atom is -0.497 e. The Labute approximate surface area is 107 Å². The molecule has 98 valence electrons. The molecule has 1 aliphatic carbocycles. The van der Waals surface area contributed by atoms with Crippen molar-refractivity contribution < 1.29 is 14.3 Å². The number of nitrogens with zero attached hydrogens (tertiary/aromatic N) is 1.